The molecule has 0 bridgehead atoms. The van der Waals surface area contributed by atoms with Gasteiger partial charge in [0.25, 0.3) is 0 Å². The highest BCUT2D eigenvalue weighted by atomic mass is 35.5. The minimum Gasteiger partial charge on any atom is -0.482 e. The zero-order valence-corrected chi connectivity index (χ0v) is 22.5. The summed E-state index contributed by atoms with van der Waals surface area (Å²) >= 11 is 13.2. The third-order valence-electron chi connectivity index (χ3n) is 7.88. The van der Waals surface area contributed by atoms with Crippen molar-refractivity contribution in [3.63, 3.8) is 0 Å². The highest BCUT2D eigenvalue weighted by Gasteiger charge is 2.62. The highest BCUT2D eigenvalue weighted by Crippen LogP contribution is 2.66. The van der Waals surface area contributed by atoms with Crippen molar-refractivity contribution in [2.45, 2.75) is 76.7 Å². The van der Waals surface area contributed by atoms with E-state index in [1.54, 1.807) is 12.1 Å². The van der Waals surface area contributed by atoms with E-state index in [-0.39, 0.29) is 33.6 Å². The Balaban J connectivity index is 1.73. The van der Waals surface area contributed by atoms with Gasteiger partial charge in [-0.1, -0.05) is 36.0 Å². The molecule has 2 saturated carbocycles. The Morgan fingerprint density at radius 1 is 0.757 bits per heavy atom. The first-order valence-electron chi connectivity index (χ1n) is 12.5. The smallest absolute Gasteiger partial charge is 0.308 e. The summed E-state index contributed by atoms with van der Waals surface area (Å²) in [5, 5.41) is 0.580. The van der Waals surface area contributed by atoms with Crippen LogP contribution in [-0.2, 0) is 25.4 Å². The monoisotopic (exact) mass is 546 g/mol. The SMILES string of the molecule is CC(=O)Oc1cc2c(cc1Cl)C1(CCCC1)C1CCCC1(c1cc(Cl)c(OC(C)=O)cc1OC(C)=O)O2. The van der Waals surface area contributed by atoms with E-state index in [0.29, 0.717) is 22.8 Å². The van der Waals surface area contributed by atoms with Crippen LogP contribution in [0.5, 0.6) is 23.0 Å². The number of hydrogen-bond acceptors (Lipinski definition) is 7. The van der Waals surface area contributed by atoms with Gasteiger partial charge in [0.05, 0.1) is 10.0 Å². The lowest BCUT2D eigenvalue weighted by molar-refractivity contribution is -0.133. The van der Waals surface area contributed by atoms with Crippen molar-refractivity contribution in [2.75, 3.05) is 0 Å². The fourth-order valence-electron chi connectivity index (χ4n) is 6.79. The molecular weight excluding hydrogens is 519 g/mol. The Morgan fingerprint density at radius 2 is 1.30 bits per heavy atom. The number of hydrogen-bond donors (Lipinski definition) is 0. The second kappa shape index (κ2) is 9.52. The van der Waals surface area contributed by atoms with Crippen molar-refractivity contribution in [1.29, 1.82) is 0 Å². The van der Waals surface area contributed by atoms with Gasteiger partial charge in [-0.2, -0.15) is 0 Å². The Kier molecular flexibility index (Phi) is 6.65. The summed E-state index contributed by atoms with van der Waals surface area (Å²) in [6, 6.07) is 6.74. The zero-order chi connectivity index (χ0) is 26.5. The third-order valence-corrected chi connectivity index (χ3v) is 8.47. The predicted molar refractivity (Wildman–Crippen MR) is 137 cm³/mol. The van der Waals surface area contributed by atoms with E-state index in [0.717, 1.165) is 44.1 Å². The van der Waals surface area contributed by atoms with E-state index in [2.05, 4.69) is 0 Å². The normalized spacial score (nSPS) is 23.1. The lowest BCUT2D eigenvalue weighted by Gasteiger charge is -2.52. The molecule has 3 aliphatic rings. The van der Waals surface area contributed by atoms with E-state index in [9.17, 15) is 14.4 Å². The van der Waals surface area contributed by atoms with Crippen LogP contribution in [0.3, 0.4) is 0 Å². The summed E-state index contributed by atoms with van der Waals surface area (Å²) in [6.07, 6.45) is 6.53. The van der Waals surface area contributed by atoms with E-state index in [1.165, 1.54) is 26.8 Å². The van der Waals surface area contributed by atoms with Gasteiger partial charge in [-0.25, -0.2) is 0 Å². The standard InChI is InChI=1S/C28H28Cl2O7/c1-15(31)34-22-13-24(35-16(2)32)21(30)12-19(22)28-10-6-7-26(28)27(8-4-5-9-27)18-11-20(29)25(36-17(3)33)14-23(18)37-28/h11-14,26H,4-10H2,1-3H3. The number of carbonyl (C=O) groups excluding carboxylic acids is 3. The van der Waals surface area contributed by atoms with Gasteiger partial charge in [-0.05, 0) is 44.2 Å². The van der Waals surface area contributed by atoms with Crippen LogP contribution in [0.2, 0.25) is 10.0 Å². The van der Waals surface area contributed by atoms with Crippen LogP contribution in [0.25, 0.3) is 0 Å². The van der Waals surface area contributed by atoms with Gasteiger partial charge in [0.1, 0.15) is 17.1 Å². The predicted octanol–water partition coefficient (Wildman–Crippen LogP) is 6.67. The second-order valence-electron chi connectivity index (χ2n) is 10.1. The average Bonchev–Trinajstić information content (AvgIpc) is 3.45. The first-order chi connectivity index (χ1) is 17.6. The topological polar surface area (TPSA) is 88.1 Å². The molecular formula is C28H28Cl2O7. The van der Waals surface area contributed by atoms with Gasteiger partial charge in [0, 0.05) is 55.4 Å². The fraction of sp³-hybridized carbons (Fsp3) is 0.464. The minimum absolute atomic E-state index is 0.0654. The number of benzene rings is 2. The van der Waals surface area contributed by atoms with Crippen molar-refractivity contribution in [2.24, 2.45) is 5.92 Å². The van der Waals surface area contributed by atoms with Crippen molar-refractivity contribution in [3.8, 4) is 23.0 Å². The molecule has 0 N–H and O–H groups in total. The van der Waals surface area contributed by atoms with Gasteiger partial charge >= 0.3 is 17.9 Å². The van der Waals surface area contributed by atoms with Gasteiger partial charge in [0.15, 0.2) is 11.5 Å². The molecule has 196 valence electrons. The summed E-state index contributed by atoms with van der Waals surface area (Å²) in [4.78, 5) is 35.5. The minimum atomic E-state index is -0.859. The number of esters is 3. The zero-order valence-electron chi connectivity index (χ0n) is 21.0. The maximum absolute atomic E-state index is 12.1. The summed E-state index contributed by atoms with van der Waals surface area (Å²) in [5.74, 6) is -0.295. The molecule has 2 unspecified atom stereocenters. The summed E-state index contributed by atoms with van der Waals surface area (Å²) in [5.41, 5.74) is 0.580. The molecule has 1 heterocycles. The molecule has 1 aliphatic heterocycles. The summed E-state index contributed by atoms with van der Waals surface area (Å²) in [6.45, 7) is 3.91. The molecule has 2 fully saturated rings. The Hall–Kier alpha value is -2.77. The maximum atomic E-state index is 12.1. The Labute approximate surface area is 225 Å². The quantitative estimate of drug-likeness (QED) is 0.312. The molecule has 37 heavy (non-hydrogen) atoms. The van der Waals surface area contributed by atoms with Crippen LogP contribution in [-0.4, -0.2) is 17.9 Å². The molecule has 0 aromatic heterocycles. The van der Waals surface area contributed by atoms with E-state index < -0.39 is 23.5 Å². The largest absolute Gasteiger partial charge is 0.482 e. The lowest BCUT2D eigenvalue weighted by Crippen LogP contribution is -2.51. The van der Waals surface area contributed by atoms with Crippen LogP contribution in [0.1, 0.15) is 76.8 Å². The van der Waals surface area contributed by atoms with E-state index in [4.69, 9.17) is 42.1 Å². The molecule has 2 aromatic carbocycles. The number of carbonyl (C=O) groups is 3. The third kappa shape index (κ3) is 4.36. The average molecular weight is 547 g/mol. The van der Waals surface area contributed by atoms with Gasteiger partial charge in [-0.15, -0.1) is 0 Å². The molecule has 0 radical (unpaired) electrons. The van der Waals surface area contributed by atoms with E-state index >= 15 is 0 Å². The number of halogens is 2. The fourth-order valence-corrected chi connectivity index (χ4v) is 7.19. The van der Waals surface area contributed by atoms with Crippen LogP contribution >= 0.6 is 23.2 Å². The summed E-state index contributed by atoms with van der Waals surface area (Å²) in [7, 11) is 0. The van der Waals surface area contributed by atoms with Crippen LogP contribution < -0.4 is 18.9 Å². The van der Waals surface area contributed by atoms with Crippen molar-refractivity contribution in [3.05, 3.63) is 45.4 Å². The molecule has 2 aliphatic carbocycles. The van der Waals surface area contributed by atoms with Gasteiger partial charge < -0.3 is 18.9 Å². The highest BCUT2D eigenvalue weighted by molar-refractivity contribution is 6.32. The molecule has 1 spiro atoms. The molecule has 0 amide bonds. The Morgan fingerprint density at radius 3 is 1.89 bits per heavy atom. The molecule has 9 heteroatoms. The van der Waals surface area contributed by atoms with Crippen LogP contribution in [0, 0.1) is 5.92 Å². The van der Waals surface area contributed by atoms with Gasteiger partial charge in [-0.3, -0.25) is 14.4 Å². The molecule has 7 nitrogen and oxygen atoms in total. The molecule has 2 aromatic rings. The number of ether oxygens (including phenoxy) is 4. The van der Waals surface area contributed by atoms with Crippen LogP contribution in [0.15, 0.2) is 24.3 Å². The Bertz CT molecular complexity index is 1300. The van der Waals surface area contributed by atoms with Gasteiger partial charge in [0.2, 0.25) is 0 Å². The molecule has 5 rings (SSSR count). The molecule has 2 atom stereocenters. The first kappa shape index (κ1) is 25.9. The maximum Gasteiger partial charge on any atom is 0.308 e. The van der Waals surface area contributed by atoms with Crippen molar-refractivity contribution >= 4 is 41.1 Å². The summed E-state index contributed by atoms with van der Waals surface area (Å²) < 4.78 is 23.2. The van der Waals surface area contributed by atoms with E-state index in [1.807, 2.05) is 6.07 Å². The number of fused-ring (bicyclic) bond motifs is 4. The lowest BCUT2D eigenvalue weighted by atomic mass is 9.60. The van der Waals surface area contributed by atoms with Crippen molar-refractivity contribution in [1.82, 2.24) is 0 Å². The second-order valence-corrected chi connectivity index (χ2v) is 11.0. The first-order valence-corrected chi connectivity index (χ1v) is 13.2. The van der Waals surface area contributed by atoms with Crippen LogP contribution in [0.4, 0.5) is 0 Å². The van der Waals surface area contributed by atoms with Crippen molar-refractivity contribution < 1.29 is 33.3 Å². The molecule has 0 saturated heterocycles. The number of rotatable bonds is 4.